The molecule has 0 aromatic heterocycles. The van der Waals surface area contributed by atoms with Crippen LogP contribution in [0.15, 0.2) is 36.4 Å². The molecule has 6 nitrogen and oxygen atoms in total. The standard InChI is InChI=1S/C20H25N3O3/c1-14-12-18(24)21-16-10-6-7-11-17(16)23(14)19(25)13-22(2)20(26)15-8-4-3-5-9-15/h3-4,6-7,10-11,14-15H,5,8-9,12-13H2,1-2H3,(H,21,24)/t14-,15-/m0/s1. The average Bonchev–Trinajstić information content (AvgIpc) is 2.75. The number of hydrogen-bond acceptors (Lipinski definition) is 3. The van der Waals surface area contributed by atoms with Gasteiger partial charge in [0.25, 0.3) is 0 Å². The van der Waals surface area contributed by atoms with Gasteiger partial charge in [0, 0.05) is 25.4 Å². The summed E-state index contributed by atoms with van der Waals surface area (Å²) >= 11 is 0. The van der Waals surface area contributed by atoms with E-state index in [-0.39, 0.29) is 42.6 Å². The lowest BCUT2D eigenvalue weighted by atomic mass is 9.93. The minimum Gasteiger partial charge on any atom is -0.336 e. The van der Waals surface area contributed by atoms with E-state index < -0.39 is 0 Å². The van der Waals surface area contributed by atoms with Crippen molar-refractivity contribution in [3.8, 4) is 0 Å². The summed E-state index contributed by atoms with van der Waals surface area (Å²) in [7, 11) is 1.68. The van der Waals surface area contributed by atoms with Crippen LogP contribution in [-0.2, 0) is 14.4 Å². The predicted octanol–water partition coefficient (Wildman–Crippen LogP) is 2.57. The normalized spacial score (nSPS) is 22.2. The number of likely N-dealkylation sites (N-methyl/N-ethyl adjacent to an activating group) is 1. The number of nitrogens with zero attached hydrogens (tertiary/aromatic N) is 2. The van der Waals surface area contributed by atoms with Crippen LogP contribution in [-0.4, -0.2) is 42.3 Å². The van der Waals surface area contributed by atoms with Gasteiger partial charge in [-0.1, -0.05) is 24.3 Å². The van der Waals surface area contributed by atoms with Gasteiger partial charge in [-0.2, -0.15) is 0 Å². The maximum absolute atomic E-state index is 13.0. The van der Waals surface area contributed by atoms with Gasteiger partial charge in [0.05, 0.1) is 17.9 Å². The van der Waals surface area contributed by atoms with Crippen molar-refractivity contribution in [1.82, 2.24) is 4.90 Å². The number of nitrogens with one attached hydrogen (secondary N) is 1. The molecule has 0 unspecified atom stereocenters. The highest BCUT2D eigenvalue weighted by atomic mass is 16.2. The summed E-state index contributed by atoms with van der Waals surface area (Å²) in [5.74, 6) is -0.329. The van der Waals surface area contributed by atoms with Gasteiger partial charge in [0.1, 0.15) is 0 Å². The summed E-state index contributed by atoms with van der Waals surface area (Å²) in [6.45, 7) is 1.86. The van der Waals surface area contributed by atoms with Crippen molar-refractivity contribution in [3.05, 3.63) is 36.4 Å². The number of benzene rings is 1. The molecule has 0 bridgehead atoms. The van der Waals surface area contributed by atoms with E-state index in [1.165, 1.54) is 4.90 Å². The van der Waals surface area contributed by atoms with Crippen molar-refractivity contribution in [2.45, 2.75) is 38.6 Å². The molecule has 26 heavy (non-hydrogen) atoms. The fourth-order valence-electron chi connectivity index (χ4n) is 3.65. The second-order valence-electron chi connectivity index (χ2n) is 7.06. The summed E-state index contributed by atoms with van der Waals surface area (Å²) in [6.07, 6.45) is 6.82. The first-order chi connectivity index (χ1) is 12.5. The van der Waals surface area contributed by atoms with Gasteiger partial charge in [-0.25, -0.2) is 0 Å². The smallest absolute Gasteiger partial charge is 0.246 e. The molecule has 1 heterocycles. The molecule has 1 aromatic rings. The third kappa shape index (κ3) is 3.79. The lowest BCUT2D eigenvalue weighted by Crippen LogP contribution is -2.46. The van der Waals surface area contributed by atoms with Crippen molar-refractivity contribution < 1.29 is 14.4 Å². The molecule has 6 heteroatoms. The van der Waals surface area contributed by atoms with Crippen LogP contribution in [0.4, 0.5) is 11.4 Å². The van der Waals surface area contributed by atoms with Crippen LogP contribution >= 0.6 is 0 Å². The summed E-state index contributed by atoms with van der Waals surface area (Å²) in [5.41, 5.74) is 1.30. The summed E-state index contributed by atoms with van der Waals surface area (Å²) in [5, 5.41) is 2.84. The van der Waals surface area contributed by atoms with E-state index in [9.17, 15) is 14.4 Å². The van der Waals surface area contributed by atoms with Crippen molar-refractivity contribution in [2.75, 3.05) is 23.8 Å². The zero-order valence-electron chi connectivity index (χ0n) is 15.3. The first-order valence-corrected chi connectivity index (χ1v) is 9.08. The molecular formula is C20H25N3O3. The van der Waals surface area contributed by atoms with Gasteiger partial charge in [-0.15, -0.1) is 0 Å². The van der Waals surface area contributed by atoms with Gasteiger partial charge < -0.3 is 15.1 Å². The van der Waals surface area contributed by atoms with Gasteiger partial charge in [0.15, 0.2) is 0 Å². The number of amides is 3. The Morgan fingerprint density at radius 1 is 1.27 bits per heavy atom. The first-order valence-electron chi connectivity index (χ1n) is 9.08. The van der Waals surface area contributed by atoms with E-state index >= 15 is 0 Å². The van der Waals surface area contributed by atoms with Crippen LogP contribution in [0.5, 0.6) is 0 Å². The highest BCUT2D eigenvalue weighted by Gasteiger charge is 2.31. The summed E-state index contributed by atoms with van der Waals surface area (Å²) in [4.78, 5) is 40.8. The number of hydrogen-bond donors (Lipinski definition) is 1. The molecule has 0 spiro atoms. The third-order valence-electron chi connectivity index (χ3n) is 4.99. The monoisotopic (exact) mass is 355 g/mol. The largest absolute Gasteiger partial charge is 0.336 e. The molecular weight excluding hydrogens is 330 g/mol. The van der Waals surface area contributed by atoms with Crippen LogP contribution in [0.25, 0.3) is 0 Å². The van der Waals surface area contributed by atoms with Gasteiger partial charge in [-0.3, -0.25) is 14.4 Å². The Balaban J connectivity index is 1.76. The highest BCUT2D eigenvalue weighted by molar-refractivity contribution is 6.05. The van der Waals surface area contributed by atoms with Crippen LogP contribution in [0.2, 0.25) is 0 Å². The van der Waals surface area contributed by atoms with Crippen molar-refractivity contribution >= 4 is 29.1 Å². The maximum atomic E-state index is 13.0. The third-order valence-corrected chi connectivity index (χ3v) is 4.99. The Bertz CT molecular complexity index is 744. The van der Waals surface area contributed by atoms with E-state index in [1.54, 1.807) is 18.0 Å². The van der Waals surface area contributed by atoms with Crippen LogP contribution in [0, 0.1) is 5.92 Å². The Kier molecular flexibility index (Phi) is 5.40. The van der Waals surface area contributed by atoms with Crippen LogP contribution < -0.4 is 10.2 Å². The average molecular weight is 355 g/mol. The Hall–Kier alpha value is -2.63. The Morgan fingerprint density at radius 3 is 2.77 bits per heavy atom. The topological polar surface area (TPSA) is 69.7 Å². The molecule has 2 aliphatic rings. The zero-order valence-corrected chi connectivity index (χ0v) is 15.3. The molecule has 1 aliphatic carbocycles. The van der Waals surface area contributed by atoms with Crippen molar-refractivity contribution in [2.24, 2.45) is 5.92 Å². The zero-order chi connectivity index (χ0) is 18.7. The number of allylic oxidation sites excluding steroid dienone is 2. The minimum absolute atomic E-state index is 0.00587. The fraction of sp³-hybridized carbons (Fsp3) is 0.450. The number of carbonyl (C=O) groups excluding carboxylic acids is 3. The molecule has 0 saturated carbocycles. The SMILES string of the molecule is C[C@H]1CC(=O)Nc2ccccc2N1C(=O)CN(C)C(=O)[C@H]1CC=CCC1. The quantitative estimate of drug-likeness (QED) is 0.847. The molecule has 3 amide bonds. The molecule has 1 aliphatic heterocycles. The second kappa shape index (κ2) is 7.72. The maximum Gasteiger partial charge on any atom is 0.246 e. The van der Waals surface area contributed by atoms with E-state index in [4.69, 9.17) is 0 Å². The molecule has 0 saturated heterocycles. The van der Waals surface area contributed by atoms with Crippen LogP contribution in [0.1, 0.15) is 32.6 Å². The molecule has 2 atom stereocenters. The van der Waals surface area contributed by atoms with E-state index in [0.717, 1.165) is 19.3 Å². The van der Waals surface area contributed by atoms with Gasteiger partial charge in [0.2, 0.25) is 17.7 Å². The number of fused-ring (bicyclic) bond motifs is 1. The molecule has 1 aromatic carbocycles. The van der Waals surface area contributed by atoms with E-state index in [0.29, 0.717) is 11.4 Å². The summed E-state index contributed by atoms with van der Waals surface area (Å²) < 4.78 is 0. The van der Waals surface area contributed by atoms with Gasteiger partial charge in [-0.05, 0) is 38.3 Å². The van der Waals surface area contributed by atoms with Crippen molar-refractivity contribution in [3.63, 3.8) is 0 Å². The molecule has 1 N–H and O–H groups in total. The molecule has 138 valence electrons. The lowest BCUT2D eigenvalue weighted by Gasteiger charge is -2.31. The highest BCUT2D eigenvalue weighted by Crippen LogP contribution is 2.31. The molecule has 3 rings (SSSR count). The van der Waals surface area contributed by atoms with Crippen molar-refractivity contribution in [1.29, 1.82) is 0 Å². The minimum atomic E-state index is -0.271. The molecule has 0 radical (unpaired) electrons. The van der Waals surface area contributed by atoms with E-state index in [2.05, 4.69) is 11.4 Å². The van der Waals surface area contributed by atoms with E-state index in [1.807, 2.05) is 31.2 Å². The fourth-order valence-corrected chi connectivity index (χ4v) is 3.65. The van der Waals surface area contributed by atoms with Crippen LogP contribution in [0.3, 0.4) is 0 Å². The number of anilines is 2. The number of rotatable bonds is 3. The number of para-hydroxylation sites is 2. The predicted molar refractivity (Wildman–Crippen MR) is 101 cm³/mol. The Labute approximate surface area is 153 Å². The lowest BCUT2D eigenvalue weighted by molar-refractivity contribution is -0.137. The molecule has 0 fully saturated rings. The first kappa shape index (κ1) is 18.2. The Morgan fingerprint density at radius 2 is 2.04 bits per heavy atom. The summed E-state index contributed by atoms with van der Waals surface area (Å²) in [6, 6.07) is 7.00. The van der Waals surface area contributed by atoms with Gasteiger partial charge >= 0.3 is 0 Å². The second-order valence-corrected chi connectivity index (χ2v) is 7.06. The number of carbonyl (C=O) groups is 3.